The van der Waals surface area contributed by atoms with Crippen LogP contribution < -0.4 is 11.0 Å². The van der Waals surface area contributed by atoms with Crippen molar-refractivity contribution >= 4 is 35.0 Å². The first-order valence-electron chi connectivity index (χ1n) is 5.79. The number of aromatic amines is 1. The van der Waals surface area contributed by atoms with Gasteiger partial charge in [0, 0.05) is 16.9 Å². The zero-order valence-electron chi connectivity index (χ0n) is 10.6. The number of nitrogens with one attached hydrogen (secondary N) is 2. The number of carbonyl (C=O) groups is 1. The van der Waals surface area contributed by atoms with E-state index in [2.05, 4.69) is 15.3 Å². The minimum Gasteiger partial charge on any atom is -0.325 e. The molecule has 0 atom stereocenters. The number of H-pyrrole nitrogens is 1. The molecule has 104 valence electrons. The van der Waals surface area contributed by atoms with Crippen molar-refractivity contribution in [2.75, 3.05) is 11.1 Å². The van der Waals surface area contributed by atoms with E-state index in [1.54, 1.807) is 24.3 Å². The molecule has 0 radical (unpaired) electrons. The number of thioether (sulfide) groups is 1. The van der Waals surface area contributed by atoms with Crippen LogP contribution in [0.1, 0.15) is 5.56 Å². The van der Waals surface area contributed by atoms with Crippen molar-refractivity contribution in [3.05, 3.63) is 51.5 Å². The molecule has 0 aliphatic heterocycles. The lowest BCUT2D eigenvalue weighted by atomic mass is 10.3. The summed E-state index contributed by atoms with van der Waals surface area (Å²) in [5.41, 5.74) is 1.04. The summed E-state index contributed by atoms with van der Waals surface area (Å²) in [7, 11) is 0. The molecule has 1 aromatic heterocycles. The smallest absolute Gasteiger partial charge is 0.325 e. The number of nitrogens with zero attached hydrogens (tertiary/aromatic N) is 1. The van der Waals surface area contributed by atoms with E-state index in [0.29, 0.717) is 15.7 Å². The number of aromatic nitrogens is 2. The van der Waals surface area contributed by atoms with Crippen molar-refractivity contribution in [1.29, 1.82) is 0 Å². The standard InChI is InChI=1S/C13H12ClN3O2S/c1-8-6-15-13(19)17-12(8)20-7-11(18)16-10-4-2-3-9(14)5-10/h2-6H,7H2,1H3,(H,16,18)(H,15,17,19). The number of rotatable bonds is 4. The van der Waals surface area contributed by atoms with E-state index in [9.17, 15) is 9.59 Å². The van der Waals surface area contributed by atoms with Crippen molar-refractivity contribution in [3.8, 4) is 0 Å². The summed E-state index contributed by atoms with van der Waals surface area (Å²) in [6, 6.07) is 6.92. The van der Waals surface area contributed by atoms with Gasteiger partial charge >= 0.3 is 5.69 Å². The van der Waals surface area contributed by atoms with Gasteiger partial charge in [-0.1, -0.05) is 29.4 Å². The Morgan fingerprint density at radius 2 is 2.30 bits per heavy atom. The van der Waals surface area contributed by atoms with Crippen LogP contribution in [0, 0.1) is 6.92 Å². The van der Waals surface area contributed by atoms with Gasteiger partial charge in [0.05, 0.1) is 10.8 Å². The Kier molecular flexibility index (Phi) is 4.81. The lowest BCUT2D eigenvalue weighted by molar-refractivity contribution is -0.113. The Morgan fingerprint density at radius 3 is 3.05 bits per heavy atom. The number of halogens is 1. The predicted molar refractivity (Wildman–Crippen MR) is 80.4 cm³/mol. The molecule has 1 heterocycles. The number of amides is 1. The normalized spacial score (nSPS) is 10.3. The minimum atomic E-state index is -0.423. The van der Waals surface area contributed by atoms with E-state index in [1.807, 2.05) is 6.92 Å². The third-order valence-electron chi connectivity index (χ3n) is 2.41. The highest BCUT2D eigenvalue weighted by molar-refractivity contribution is 8.00. The number of anilines is 1. The average Bonchev–Trinajstić information content (AvgIpc) is 2.40. The predicted octanol–water partition coefficient (Wildman–Crippen LogP) is 2.46. The minimum absolute atomic E-state index is 0.172. The third-order valence-corrected chi connectivity index (χ3v) is 3.76. The van der Waals surface area contributed by atoms with Crippen LogP contribution in [-0.2, 0) is 4.79 Å². The van der Waals surface area contributed by atoms with E-state index in [-0.39, 0.29) is 11.7 Å². The molecule has 2 aromatic rings. The molecule has 0 spiro atoms. The second-order valence-electron chi connectivity index (χ2n) is 4.05. The maximum Gasteiger partial charge on any atom is 0.345 e. The molecule has 1 aromatic carbocycles. The molecule has 0 aliphatic carbocycles. The lowest BCUT2D eigenvalue weighted by Gasteiger charge is -2.06. The first-order valence-corrected chi connectivity index (χ1v) is 7.15. The third kappa shape index (κ3) is 4.11. The number of benzene rings is 1. The Bertz CT molecular complexity index is 687. The zero-order valence-corrected chi connectivity index (χ0v) is 12.2. The van der Waals surface area contributed by atoms with Gasteiger partial charge in [0.15, 0.2) is 0 Å². The fraction of sp³-hybridized carbons (Fsp3) is 0.154. The van der Waals surface area contributed by atoms with Crippen LogP contribution in [0.2, 0.25) is 5.02 Å². The second-order valence-corrected chi connectivity index (χ2v) is 5.47. The van der Waals surface area contributed by atoms with Gasteiger partial charge in [-0.05, 0) is 30.7 Å². The molecule has 2 rings (SSSR count). The first-order chi connectivity index (χ1) is 9.54. The Labute approximate surface area is 124 Å². The van der Waals surface area contributed by atoms with Gasteiger partial charge in [0.25, 0.3) is 0 Å². The quantitative estimate of drug-likeness (QED) is 0.672. The van der Waals surface area contributed by atoms with Crippen molar-refractivity contribution in [2.45, 2.75) is 11.9 Å². The summed E-state index contributed by atoms with van der Waals surface area (Å²) in [4.78, 5) is 29.1. The van der Waals surface area contributed by atoms with Crippen LogP contribution in [0.25, 0.3) is 0 Å². The molecule has 0 saturated carbocycles. The van der Waals surface area contributed by atoms with Gasteiger partial charge in [-0.2, -0.15) is 0 Å². The van der Waals surface area contributed by atoms with Crippen molar-refractivity contribution in [2.24, 2.45) is 0 Å². The molecule has 0 aliphatic rings. The van der Waals surface area contributed by atoms with Crippen molar-refractivity contribution < 1.29 is 4.79 Å². The van der Waals surface area contributed by atoms with Crippen LogP contribution in [0.15, 0.2) is 40.3 Å². The summed E-state index contributed by atoms with van der Waals surface area (Å²) in [5, 5.41) is 3.94. The maximum atomic E-state index is 11.8. The van der Waals surface area contributed by atoms with Crippen LogP contribution in [0.5, 0.6) is 0 Å². The monoisotopic (exact) mass is 309 g/mol. The van der Waals surface area contributed by atoms with Crippen LogP contribution in [0.3, 0.4) is 0 Å². The van der Waals surface area contributed by atoms with Gasteiger partial charge in [0.1, 0.15) is 0 Å². The SMILES string of the molecule is Cc1cnc(=O)[nH]c1SCC(=O)Nc1cccc(Cl)c1. The Morgan fingerprint density at radius 1 is 1.50 bits per heavy atom. The summed E-state index contributed by atoms with van der Waals surface area (Å²) in [6.07, 6.45) is 1.48. The van der Waals surface area contributed by atoms with Gasteiger partial charge in [-0.15, -0.1) is 0 Å². The van der Waals surface area contributed by atoms with E-state index in [0.717, 1.165) is 5.56 Å². The van der Waals surface area contributed by atoms with Crippen LogP contribution in [-0.4, -0.2) is 21.6 Å². The summed E-state index contributed by atoms with van der Waals surface area (Å²) >= 11 is 7.09. The Hall–Kier alpha value is -1.79. The molecule has 1 amide bonds. The highest BCUT2D eigenvalue weighted by atomic mass is 35.5. The molecule has 0 bridgehead atoms. The number of aryl methyl sites for hydroxylation is 1. The molecule has 7 heteroatoms. The van der Waals surface area contributed by atoms with Crippen molar-refractivity contribution in [1.82, 2.24) is 9.97 Å². The van der Waals surface area contributed by atoms with E-state index < -0.39 is 5.69 Å². The molecule has 20 heavy (non-hydrogen) atoms. The van der Waals surface area contributed by atoms with E-state index in [1.165, 1.54) is 18.0 Å². The van der Waals surface area contributed by atoms with E-state index >= 15 is 0 Å². The largest absolute Gasteiger partial charge is 0.345 e. The molecule has 0 fully saturated rings. The molecule has 5 nitrogen and oxygen atoms in total. The average molecular weight is 310 g/mol. The second kappa shape index (κ2) is 6.58. The molecule has 0 unspecified atom stereocenters. The highest BCUT2D eigenvalue weighted by Gasteiger charge is 2.07. The molecule has 0 saturated heterocycles. The fourth-order valence-corrected chi connectivity index (χ4v) is 2.47. The summed E-state index contributed by atoms with van der Waals surface area (Å²) < 4.78 is 0. The van der Waals surface area contributed by atoms with Gasteiger partial charge in [-0.3, -0.25) is 4.79 Å². The first kappa shape index (κ1) is 14.6. The highest BCUT2D eigenvalue weighted by Crippen LogP contribution is 2.19. The molecular formula is C13H12ClN3O2S. The number of carbonyl (C=O) groups excluding carboxylic acids is 1. The number of hydrogen-bond acceptors (Lipinski definition) is 4. The van der Waals surface area contributed by atoms with E-state index in [4.69, 9.17) is 11.6 Å². The van der Waals surface area contributed by atoms with Crippen molar-refractivity contribution in [3.63, 3.8) is 0 Å². The maximum absolute atomic E-state index is 11.8. The van der Waals surface area contributed by atoms with Gasteiger partial charge < -0.3 is 10.3 Å². The van der Waals surface area contributed by atoms with Crippen LogP contribution in [0.4, 0.5) is 5.69 Å². The summed E-state index contributed by atoms with van der Waals surface area (Å²) in [5.74, 6) is 0.0159. The van der Waals surface area contributed by atoms with Gasteiger partial charge in [0.2, 0.25) is 5.91 Å². The van der Waals surface area contributed by atoms with Crippen LogP contribution >= 0.6 is 23.4 Å². The fourth-order valence-electron chi connectivity index (χ4n) is 1.49. The van der Waals surface area contributed by atoms with Gasteiger partial charge in [-0.25, -0.2) is 9.78 Å². The molecular weight excluding hydrogens is 298 g/mol. The lowest BCUT2D eigenvalue weighted by Crippen LogP contribution is -2.16. The zero-order chi connectivity index (χ0) is 14.5. The number of hydrogen-bond donors (Lipinski definition) is 2. The topological polar surface area (TPSA) is 74.8 Å². The summed E-state index contributed by atoms with van der Waals surface area (Å²) in [6.45, 7) is 1.82. The Balaban J connectivity index is 1.95. The molecule has 2 N–H and O–H groups in total.